The summed E-state index contributed by atoms with van der Waals surface area (Å²) in [5.74, 6) is 0. The quantitative estimate of drug-likeness (QED) is 0.921. The molecule has 0 fully saturated rings. The van der Waals surface area contributed by atoms with Gasteiger partial charge < -0.3 is 5.32 Å². The van der Waals surface area contributed by atoms with Gasteiger partial charge >= 0.3 is 0 Å². The van der Waals surface area contributed by atoms with Crippen LogP contribution in [0.25, 0.3) is 0 Å². The van der Waals surface area contributed by atoms with Gasteiger partial charge in [0.2, 0.25) is 0 Å². The van der Waals surface area contributed by atoms with Crippen LogP contribution in [0.3, 0.4) is 0 Å². The molecule has 1 N–H and O–H groups in total. The van der Waals surface area contributed by atoms with E-state index in [9.17, 15) is 0 Å². The largest absolute Gasteiger partial charge is 0.309 e. The Morgan fingerprint density at radius 3 is 2.70 bits per heavy atom. The lowest BCUT2D eigenvalue weighted by molar-refractivity contribution is 0.535. The molecule has 0 saturated carbocycles. The molecule has 0 spiro atoms. The number of likely N-dealkylation sites (N-methyl/N-ethyl adjacent to an activating group) is 1. The van der Waals surface area contributed by atoms with Crippen molar-refractivity contribution in [3.63, 3.8) is 0 Å². The number of pyridine rings is 1. The number of hydrogen-bond acceptors (Lipinski definition) is 3. The van der Waals surface area contributed by atoms with E-state index in [1.807, 2.05) is 26.2 Å². The molecule has 4 nitrogen and oxygen atoms in total. The van der Waals surface area contributed by atoms with Gasteiger partial charge in [-0.2, -0.15) is 5.10 Å². The fraction of sp³-hybridized carbons (Fsp3) is 0.467. The van der Waals surface area contributed by atoms with Gasteiger partial charge in [-0.25, -0.2) is 0 Å². The van der Waals surface area contributed by atoms with E-state index in [1.165, 1.54) is 5.56 Å². The van der Waals surface area contributed by atoms with Crippen LogP contribution in [-0.2, 0) is 13.5 Å². The van der Waals surface area contributed by atoms with Crippen LogP contribution >= 0.6 is 11.6 Å². The first-order valence-electron chi connectivity index (χ1n) is 6.86. The molecule has 2 aromatic rings. The molecule has 0 saturated heterocycles. The standard InChI is InChI=1S/C15H21ClN4/c1-5-17-14(13-8-10(2)6-7-18-13)9-12-11(3)19-20(4)15(12)16/h6-8,14,17H,5,9H2,1-4H3. The second-order valence-corrected chi connectivity index (χ2v) is 5.41. The first kappa shape index (κ1) is 15.0. The lowest BCUT2D eigenvalue weighted by Gasteiger charge is -2.18. The Bertz CT molecular complexity index is 592. The van der Waals surface area contributed by atoms with Crippen LogP contribution in [0.4, 0.5) is 0 Å². The van der Waals surface area contributed by atoms with Gasteiger partial charge in [0.1, 0.15) is 5.15 Å². The first-order valence-corrected chi connectivity index (χ1v) is 7.24. The fourth-order valence-corrected chi connectivity index (χ4v) is 2.64. The zero-order chi connectivity index (χ0) is 14.7. The zero-order valence-corrected chi connectivity index (χ0v) is 13.2. The average molecular weight is 293 g/mol. The summed E-state index contributed by atoms with van der Waals surface area (Å²) in [6.07, 6.45) is 2.65. The van der Waals surface area contributed by atoms with Crippen molar-refractivity contribution < 1.29 is 0 Å². The maximum absolute atomic E-state index is 6.33. The van der Waals surface area contributed by atoms with Gasteiger partial charge in [0.25, 0.3) is 0 Å². The molecule has 2 aromatic heterocycles. The molecular formula is C15H21ClN4. The van der Waals surface area contributed by atoms with Gasteiger partial charge in [0.05, 0.1) is 17.4 Å². The van der Waals surface area contributed by atoms with E-state index in [0.29, 0.717) is 5.15 Å². The van der Waals surface area contributed by atoms with Crippen LogP contribution in [0.15, 0.2) is 18.3 Å². The molecule has 0 aromatic carbocycles. The van der Waals surface area contributed by atoms with Crippen molar-refractivity contribution in [2.45, 2.75) is 33.2 Å². The summed E-state index contributed by atoms with van der Waals surface area (Å²) >= 11 is 6.33. The molecule has 108 valence electrons. The maximum Gasteiger partial charge on any atom is 0.130 e. The molecule has 0 bridgehead atoms. The van der Waals surface area contributed by atoms with Crippen molar-refractivity contribution >= 4 is 11.6 Å². The van der Waals surface area contributed by atoms with E-state index in [-0.39, 0.29) is 6.04 Å². The lowest BCUT2D eigenvalue weighted by Crippen LogP contribution is -2.24. The number of nitrogens with zero attached hydrogens (tertiary/aromatic N) is 3. The third-order valence-corrected chi connectivity index (χ3v) is 3.89. The van der Waals surface area contributed by atoms with E-state index in [4.69, 9.17) is 11.6 Å². The number of aryl methyl sites for hydroxylation is 3. The van der Waals surface area contributed by atoms with Crippen molar-refractivity contribution in [3.05, 3.63) is 46.0 Å². The molecule has 5 heteroatoms. The summed E-state index contributed by atoms with van der Waals surface area (Å²) in [6.45, 7) is 7.06. The van der Waals surface area contributed by atoms with Gasteiger partial charge in [0, 0.05) is 18.8 Å². The normalized spacial score (nSPS) is 12.7. The maximum atomic E-state index is 6.33. The highest BCUT2D eigenvalue weighted by Crippen LogP contribution is 2.25. The third-order valence-electron chi connectivity index (χ3n) is 3.42. The third kappa shape index (κ3) is 3.19. The smallest absolute Gasteiger partial charge is 0.130 e. The Morgan fingerprint density at radius 1 is 1.40 bits per heavy atom. The summed E-state index contributed by atoms with van der Waals surface area (Å²) in [7, 11) is 1.87. The Hall–Kier alpha value is -1.39. The van der Waals surface area contributed by atoms with Crippen LogP contribution in [0.2, 0.25) is 5.15 Å². The Kier molecular flexibility index (Phi) is 4.78. The van der Waals surface area contributed by atoms with Crippen LogP contribution < -0.4 is 5.32 Å². The molecule has 1 unspecified atom stereocenters. The zero-order valence-electron chi connectivity index (χ0n) is 12.4. The van der Waals surface area contributed by atoms with Crippen molar-refractivity contribution in [1.82, 2.24) is 20.1 Å². The molecule has 0 aliphatic rings. The van der Waals surface area contributed by atoms with Crippen LogP contribution in [0, 0.1) is 13.8 Å². The summed E-state index contributed by atoms with van der Waals surface area (Å²) in [5.41, 5.74) is 4.33. The highest BCUT2D eigenvalue weighted by Gasteiger charge is 2.19. The van der Waals surface area contributed by atoms with Crippen molar-refractivity contribution in [2.24, 2.45) is 7.05 Å². The van der Waals surface area contributed by atoms with E-state index < -0.39 is 0 Å². The molecule has 20 heavy (non-hydrogen) atoms. The average Bonchev–Trinajstić information content (AvgIpc) is 2.64. The first-order chi connectivity index (χ1) is 9.52. The van der Waals surface area contributed by atoms with Gasteiger partial charge in [-0.05, 0) is 44.5 Å². The molecule has 0 aliphatic carbocycles. The molecule has 0 aliphatic heterocycles. The van der Waals surface area contributed by atoms with Crippen molar-refractivity contribution in [1.29, 1.82) is 0 Å². The van der Waals surface area contributed by atoms with E-state index in [0.717, 1.165) is 29.9 Å². The summed E-state index contributed by atoms with van der Waals surface area (Å²) in [5, 5.41) is 8.56. The van der Waals surface area contributed by atoms with Crippen LogP contribution in [0.5, 0.6) is 0 Å². The van der Waals surface area contributed by atoms with E-state index in [2.05, 4.69) is 35.3 Å². The van der Waals surface area contributed by atoms with Gasteiger partial charge in [-0.1, -0.05) is 18.5 Å². The monoisotopic (exact) mass is 292 g/mol. The molecule has 2 rings (SSSR count). The minimum atomic E-state index is 0.153. The minimum Gasteiger partial charge on any atom is -0.309 e. The fourth-order valence-electron chi connectivity index (χ4n) is 2.39. The second-order valence-electron chi connectivity index (χ2n) is 5.05. The molecule has 0 radical (unpaired) electrons. The molecule has 0 amide bonds. The van der Waals surface area contributed by atoms with Gasteiger partial charge in [-0.3, -0.25) is 9.67 Å². The van der Waals surface area contributed by atoms with Crippen molar-refractivity contribution in [2.75, 3.05) is 6.54 Å². The second kappa shape index (κ2) is 6.37. The predicted molar refractivity (Wildman–Crippen MR) is 82.1 cm³/mol. The molecule has 2 heterocycles. The van der Waals surface area contributed by atoms with Crippen molar-refractivity contribution in [3.8, 4) is 0 Å². The summed E-state index contributed by atoms with van der Waals surface area (Å²) in [6, 6.07) is 4.28. The number of aromatic nitrogens is 3. The molecule has 1 atom stereocenters. The van der Waals surface area contributed by atoms with Gasteiger partial charge in [0.15, 0.2) is 0 Å². The van der Waals surface area contributed by atoms with Crippen LogP contribution in [-0.4, -0.2) is 21.3 Å². The number of nitrogens with one attached hydrogen (secondary N) is 1. The van der Waals surface area contributed by atoms with E-state index >= 15 is 0 Å². The number of halogens is 1. The highest BCUT2D eigenvalue weighted by molar-refractivity contribution is 6.30. The summed E-state index contributed by atoms with van der Waals surface area (Å²) < 4.78 is 1.72. The number of rotatable bonds is 5. The summed E-state index contributed by atoms with van der Waals surface area (Å²) in [4.78, 5) is 4.49. The predicted octanol–water partition coefficient (Wildman–Crippen LogP) is 2.98. The van der Waals surface area contributed by atoms with Crippen LogP contribution in [0.1, 0.15) is 35.5 Å². The number of hydrogen-bond donors (Lipinski definition) is 1. The topological polar surface area (TPSA) is 42.7 Å². The van der Waals surface area contributed by atoms with E-state index in [1.54, 1.807) is 4.68 Å². The Morgan fingerprint density at radius 2 is 2.15 bits per heavy atom. The minimum absolute atomic E-state index is 0.153. The van der Waals surface area contributed by atoms with Gasteiger partial charge in [-0.15, -0.1) is 0 Å². The highest BCUT2D eigenvalue weighted by atomic mass is 35.5. The Balaban J connectivity index is 2.30. The SMILES string of the molecule is CCNC(Cc1c(C)nn(C)c1Cl)c1cc(C)ccn1. The lowest BCUT2D eigenvalue weighted by atomic mass is 10.0. The Labute approximate surface area is 125 Å². The molecular weight excluding hydrogens is 272 g/mol.